The first-order valence-electron chi connectivity index (χ1n) is 13.3. The lowest BCUT2D eigenvalue weighted by atomic mass is 9.70. The second kappa shape index (κ2) is 11.4. The van der Waals surface area contributed by atoms with Gasteiger partial charge in [0.15, 0.2) is 0 Å². The van der Waals surface area contributed by atoms with E-state index in [4.69, 9.17) is 0 Å². The average molecular weight is 526 g/mol. The lowest BCUT2D eigenvalue weighted by molar-refractivity contribution is -0.147. The summed E-state index contributed by atoms with van der Waals surface area (Å²) in [6, 6.07) is 7.97. The zero-order valence-electron chi connectivity index (χ0n) is 21.9. The third kappa shape index (κ3) is 4.63. The number of benzene rings is 1. The summed E-state index contributed by atoms with van der Waals surface area (Å²) in [5.41, 5.74) is 0.780. The Hall–Kier alpha value is -2.58. The number of hydrogen-bond donors (Lipinski definition) is 1. The van der Waals surface area contributed by atoms with E-state index in [1.54, 1.807) is 45.7 Å². The summed E-state index contributed by atoms with van der Waals surface area (Å²) in [4.78, 5) is 47.4. The quantitative estimate of drug-likeness (QED) is 0.424. The molecule has 1 N–H and O–H groups in total. The maximum Gasteiger partial charge on any atom is 0.247 e. The molecule has 3 aliphatic heterocycles. The lowest BCUT2D eigenvalue weighted by Gasteiger charge is -2.39. The van der Waals surface area contributed by atoms with Crippen LogP contribution in [0.2, 0.25) is 0 Å². The van der Waals surface area contributed by atoms with Crippen LogP contribution in [0.1, 0.15) is 44.2 Å². The molecule has 3 saturated heterocycles. The fourth-order valence-electron chi connectivity index (χ4n) is 6.52. The minimum absolute atomic E-state index is 0.000960. The first-order chi connectivity index (χ1) is 17.9. The number of thioether (sulfide) groups is 1. The Morgan fingerprint density at radius 3 is 2.54 bits per heavy atom. The SMILES string of the molecule is C=CCN(C)C(=O)[C@@H]1[C@H]2C(=O)N([C@H](CO)c3ccccc3)C(C(=O)N(CC=C)CCCC)C23CC[C@H]1S3. The third-order valence-electron chi connectivity index (χ3n) is 8.17. The van der Waals surface area contributed by atoms with Crippen LogP contribution < -0.4 is 0 Å². The maximum absolute atomic E-state index is 14.4. The van der Waals surface area contributed by atoms with Gasteiger partial charge in [-0.15, -0.1) is 24.9 Å². The number of unbranched alkanes of at least 4 members (excludes halogenated alkanes) is 1. The molecule has 3 heterocycles. The first-order valence-corrected chi connectivity index (χ1v) is 14.2. The number of hydrogen-bond acceptors (Lipinski definition) is 5. The van der Waals surface area contributed by atoms with Gasteiger partial charge >= 0.3 is 0 Å². The van der Waals surface area contributed by atoms with E-state index in [2.05, 4.69) is 20.1 Å². The van der Waals surface area contributed by atoms with Crippen LogP contribution in [0, 0.1) is 11.8 Å². The fraction of sp³-hybridized carbons (Fsp3) is 0.552. The molecule has 8 heteroatoms. The number of amides is 3. The van der Waals surface area contributed by atoms with Crippen molar-refractivity contribution in [3.05, 3.63) is 61.2 Å². The molecule has 0 aromatic heterocycles. The second-order valence-corrected chi connectivity index (χ2v) is 11.9. The highest BCUT2D eigenvalue weighted by Gasteiger charge is 2.74. The molecule has 7 nitrogen and oxygen atoms in total. The van der Waals surface area contributed by atoms with E-state index >= 15 is 0 Å². The molecule has 6 atom stereocenters. The third-order valence-corrected chi connectivity index (χ3v) is 10.1. The van der Waals surface area contributed by atoms with Crippen LogP contribution in [0.4, 0.5) is 0 Å². The summed E-state index contributed by atoms with van der Waals surface area (Å²) in [5, 5.41) is 10.6. The van der Waals surface area contributed by atoms with E-state index in [0.717, 1.165) is 24.8 Å². The Kier molecular flexibility index (Phi) is 8.49. The van der Waals surface area contributed by atoms with Gasteiger partial charge in [0.1, 0.15) is 6.04 Å². The van der Waals surface area contributed by atoms with Crippen molar-refractivity contribution in [2.45, 2.75) is 54.7 Å². The van der Waals surface area contributed by atoms with E-state index in [0.29, 0.717) is 26.1 Å². The monoisotopic (exact) mass is 525 g/mol. The Balaban J connectivity index is 1.81. The van der Waals surface area contributed by atoms with Gasteiger partial charge in [-0.05, 0) is 24.8 Å². The predicted molar refractivity (Wildman–Crippen MR) is 147 cm³/mol. The molecule has 1 aromatic rings. The Morgan fingerprint density at radius 2 is 1.92 bits per heavy atom. The highest BCUT2D eigenvalue weighted by molar-refractivity contribution is 8.02. The molecule has 1 spiro atoms. The molecule has 2 unspecified atom stereocenters. The van der Waals surface area contributed by atoms with Gasteiger partial charge < -0.3 is 19.8 Å². The van der Waals surface area contributed by atoms with Crippen LogP contribution in [0.15, 0.2) is 55.6 Å². The van der Waals surface area contributed by atoms with E-state index in [1.165, 1.54) is 0 Å². The molecule has 3 aliphatic rings. The number of likely N-dealkylation sites (N-methyl/N-ethyl adjacent to an activating group) is 1. The smallest absolute Gasteiger partial charge is 0.247 e. The Labute approximate surface area is 224 Å². The van der Waals surface area contributed by atoms with Crippen LogP contribution in [0.3, 0.4) is 0 Å². The number of nitrogens with zero attached hydrogens (tertiary/aromatic N) is 3. The summed E-state index contributed by atoms with van der Waals surface area (Å²) < 4.78 is -0.692. The van der Waals surface area contributed by atoms with Gasteiger partial charge in [0.25, 0.3) is 0 Å². The molecule has 37 heavy (non-hydrogen) atoms. The zero-order chi connectivity index (χ0) is 26.7. The molecule has 0 radical (unpaired) electrons. The lowest BCUT2D eigenvalue weighted by Crippen LogP contribution is -2.56. The molecular weight excluding hydrogens is 486 g/mol. The topological polar surface area (TPSA) is 81.2 Å². The molecule has 2 bridgehead atoms. The molecule has 3 fully saturated rings. The zero-order valence-corrected chi connectivity index (χ0v) is 22.7. The van der Waals surface area contributed by atoms with Crippen molar-refractivity contribution >= 4 is 29.5 Å². The molecule has 1 aromatic carbocycles. The molecule has 0 saturated carbocycles. The largest absolute Gasteiger partial charge is 0.394 e. The number of carbonyl (C=O) groups is 3. The van der Waals surface area contributed by atoms with Crippen molar-refractivity contribution in [2.24, 2.45) is 11.8 Å². The number of rotatable bonds is 12. The van der Waals surface area contributed by atoms with E-state index in [1.807, 2.05) is 30.3 Å². The van der Waals surface area contributed by atoms with Crippen molar-refractivity contribution in [1.82, 2.24) is 14.7 Å². The standard InChI is InChI=1S/C29H39N3O4S/c1-5-8-18-31(17-7-3)28(36)25-29-15-14-22(37-29)23(26(34)30(4)16-6-2)24(29)27(35)32(25)21(19-33)20-12-10-9-11-13-20/h6-7,9-13,21-25,33H,2-3,5,8,14-19H2,1,4H3/t21-,22-,23+,24+,25?,29?/m1/s1. The van der Waals surface area contributed by atoms with Gasteiger partial charge in [-0.3, -0.25) is 14.4 Å². The van der Waals surface area contributed by atoms with Crippen LogP contribution >= 0.6 is 11.8 Å². The van der Waals surface area contributed by atoms with Crippen molar-refractivity contribution in [3.8, 4) is 0 Å². The number of likely N-dealkylation sites (tertiary alicyclic amines) is 1. The highest BCUT2D eigenvalue weighted by Crippen LogP contribution is 2.67. The van der Waals surface area contributed by atoms with Gasteiger partial charge in [-0.2, -0.15) is 0 Å². The van der Waals surface area contributed by atoms with E-state index in [9.17, 15) is 19.5 Å². The maximum atomic E-state index is 14.4. The normalized spacial score (nSPS) is 28.6. The van der Waals surface area contributed by atoms with Crippen molar-refractivity contribution in [3.63, 3.8) is 0 Å². The van der Waals surface area contributed by atoms with E-state index < -0.39 is 28.7 Å². The summed E-state index contributed by atoms with van der Waals surface area (Å²) in [7, 11) is 1.74. The predicted octanol–water partition coefficient (Wildman–Crippen LogP) is 3.27. The van der Waals surface area contributed by atoms with Gasteiger partial charge in [0.2, 0.25) is 17.7 Å². The average Bonchev–Trinajstić information content (AvgIpc) is 3.55. The second-order valence-electron chi connectivity index (χ2n) is 10.3. The van der Waals surface area contributed by atoms with Gasteiger partial charge in [0, 0.05) is 31.9 Å². The number of aliphatic hydroxyl groups is 1. The molecule has 4 rings (SSSR count). The van der Waals surface area contributed by atoms with Crippen molar-refractivity contribution < 1.29 is 19.5 Å². The summed E-state index contributed by atoms with van der Waals surface area (Å²) in [6.07, 6.45) is 6.68. The Bertz CT molecular complexity index is 1030. The minimum Gasteiger partial charge on any atom is -0.394 e. The number of fused-ring (bicyclic) bond motifs is 1. The first kappa shape index (κ1) is 27.5. The van der Waals surface area contributed by atoms with Gasteiger partial charge in [0.05, 0.1) is 29.2 Å². The summed E-state index contributed by atoms with van der Waals surface area (Å²) in [5.74, 6) is -1.47. The highest BCUT2D eigenvalue weighted by atomic mass is 32.2. The number of aliphatic hydroxyl groups excluding tert-OH is 1. The minimum atomic E-state index is -0.753. The molecule has 200 valence electrons. The molecule has 3 amide bonds. The van der Waals surface area contributed by atoms with E-state index in [-0.39, 0.29) is 29.6 Å². The summed E-state index contributed by atoms with van der Waals surface area (Å²) >= 11 is 1.66. The Morgan fingerprint density at radius 1 is 1.22 bits per heavy atom. The van der Waals surface area contributed by atoms with Crippen LogP contribution in [-0.2, 0) is 14.4 Å². The van der Waals surface area contributed by atoms with Crippen molar-refractivity contribution in [1.29, 1.82) is 0 Å². The number of carbonyl (C=O) groups excluding carboxylic acids is 3. The van der Waals surface area contributed by atoms with Gasteiger partial charge in [-0.25, -0.2) is 0 Å². The van der Waals surface area contributed by atoms with Gasteiger partial charge in [-0.1, -0.05) is 55.8 Å². The fourth-order valence-corrected chi connectivity index (χ4v) is 8.72. The van der Waals surface area contributed by atoms with Crippen molar-refractivity contribution in [2.75, 3.05) is 33.3 Å². The molecular formula is C29H39N3O4S. The van der Waals surface area contributed by atoms with Crippen LogP contribution in [-0.4, -0.2) is 86.9 Å². The summed E-state index contributed by atoms with van der Waals surface area (Å²) in [6.45, 7) is 10.8. The van der Waals surface area contributed by atoms with Crippen LogP contribution in [0.5, 0.6) is 0 Å². The van der Waals surface area contributed by atoms with Crippen LogP contribution in [0.25, 0.3) is 0 Å². The molecule has 0 aliphatic carbocycles.